The van der Waals surface area contributed by atoms with Gasteiger partial charge in [-0.1, -0.05) is 17.7 Å². The van der Waals surface area contributed by atoms with Crippen LogP contribution in [0.2, 0.25) is 5.02 Å². The Balaban J connectivity index is 1.58. The summed E-state index contributed by atoms with van der Waals surface area (Å²) in [7, 11) is 0. The van der Waals surface area contributed by atoms with Crippen molar-refractivity contribution < 1.29 is 18.9 Å². The quantitative estimate of drug-likeness (QED) is 0.299. The van der Waals surface area contributed by atoms with E-state index in [1.54, 1.807) is 48.5 Å². The van der Waals surface area contributed by atoms with Crippen LogP contribution in [0, 0.1) is 10.1 Å². The molecule has 1 fully saturated rings. The number of imide groups is 1. The molecule has 3 aromatic rings. The Bertz CT molecular complexity index is 1170. The van der Waals surface area contributed by atoms with Gasteiger partial charge in [0.05, 0.1) is 15.5 Å². The van der Waals surface area contributed by atoms with Crippen LogP contribution in [-0.4, -0.2) is 16.1 Å². The van der Waals surface area contributed by atoms with Gasteiger partial charge in [0.25, 0.3) is 16.8 Å². The van der Waals surface area contributed by atoms with Crippen LogP contribution in [0.25, 0.3) is 17.4 Å². The zero-order valence-electron chi connectivity index (χ0n) is 14.6. The molecule has 0 spiro atoms. The average Bonchev–Trinajstić information content (AvgIpc) is 3.26. The van der Waals surface area contributed by atoms with Gasteiger partial charge in [-0.15, -0.1) is 0 Å². The lowest BCUT2D eigenvalue weighted by Gasteiger charge is -2.12. The Morgan fingerprint density at radius 1 is 1.07 bits per heavy atom. The number of non-ortho nitro benzene ring substituents is 1. The first-order chi connectivity index (χ1) is 13.9. The molecule has 1 aliphatic rings. The Labute approximate surface area is 173 Å². The fourth-order valence-corrected chi connectivity index (χ4v) is 3.77. The van der Waals surface area contributed by atoms with Crippen molar-refractivity contribution in [3.8, 4) is 11.3 Å². The summed E-state index contributed by atoms with van der Waals surface area (Å²) < 4.78 is 5.71. The van der Waals surface area contributed by atoms with Crippen molar-refractivity contribution in [2.75, 3.05) is 4.90 Å². The molecule has 4 rings (SSSR count). The number of rotatable bonds is 4. The van der Waals surface area contributed by atoms with Crippen molar-refractivity contribution in [1.29, 1.82) is 0 Å². The van der Waals surface area contributed by atoms with Crippen molar-refractivity contribution in [1.82, 2.24) is 0 Å². The maximum absolute atomic E-state index is 12.7. The summed E-state index contributed by atoms with van der Waals surface area (Å²) in [5.41, 5.74) is 1.03. The largest absolute Gasteiger partial charge is 0.457 e. The topological polar surface area (TPSA) is 93.7 Å². The van der Waals surface area contributed by atoms with Crippen LogP contribution >= 0.6 is 23.4 Å². The molecule has 29 heavy (non-hydrogen) atoms. The van der Waals surface area contributed by atoms with Crippen LogP contribution < -0.4 is 4.90 Å². The highest BCUT2D eigenvalue weighted by Gasteiger charge is 2.36. The third-order valence-corrected chi connectivity index (χ3v) is 5.23. The number of hydrogen-bond donors (Lipinski definition) is 0. The molecule has 144 valence electrons. The molecule has 1 aromatic heterocycles. The van der Waals surface area contributed by atoms with Crippen molar-refractivity contribution in [3.63, 3.8) is 0 Å². The molecule has 0 N–H and O–H groups in total. The second kappa shape index (κ2) is 7.57. The monoisotopic (exact) mass is 426 g/mol. The highest BCUT2D eigenvalue weighted by atomic mass is 35.5. The number of nitrogens with zero attached hydrogens (tertiary/aromatic N) is 2. The summed E-state index contributed by atoms with van der Waals surface area (Å²) in [6.07, 6.45) is 1.49. The molecule has 1 saturated heterocycles. The van der Waals surface area contributed by atoms with E-state index in [0.29, 0.717) is 27.8 Å². The van der Waals surface area contributed by atoms with Crippen molar-refractivity contribution in [3.05, 3.63) is 86.5 Å². The van der Waals surface area contributed by atoms with Crippen LogP contribution in [0.1, 0.15) is 5.76 Å². The van der Waals surface area contributed by atoms with Crippen LogP contribution in [0.15, 0.2) is 70.0 Å². The highest BCUT2D eigenvalue weighted by molar-refractivity contribution is 8.19. The number of hydrogen-bond acceptors (Lipinski definition) is 6. The maximum atomic E-state index is 12.7. The number of furan rings is 1. The van der Waals surface area contributed by atoms with Crippen molar-refractivity contribution in [2.45, 2.75) is 0 Å². The molecule has 2 aromatic carbocycles. The first-order valence-corrected chi connectivity index (χ1v) is 9.50. The summed E-state index contributed by atoms with van der Waals surface area (Å²) in [5.74, 6) is 0.408. The molecule has 0 atom stereocenters. The number of anilines is 1. The molecule has 9 heteroatoms. The van der Waals surface area contributed by atoms with Crippen LogP contribution in [0.3, 0.4) is 0 Å². The minimum atomic E-state index is -0.479. The molecule has 1 aliphatic heterocycles. The Hall–Kier alpha value is -3.36. The number of carbonyl (C=O) groups excluding carboxylic acids is 2. The fraction of sp³-hybridized carbons (Fsp3) is 0. The number of amides is 2. The van der Waals surface area contributed by atoms with Crippen LogP contribution in [0.5, 0.6) is 0 Å². The minimum absolute atomic E-state index is 0.0183. The molecular formula is C20H11ClN2O5S. The van der Waals surface area contributed by atoms with Crippen molar-refractivity contribution in [2.24, 2.45) is 0 Å². The number of benzene rings is 2. The molecule has 0 bridgehead atoms. The summed E-state index contributed by atoms with van der Waals surface area (Å²) in [5, 5.41) is 10.7. The standard InChI is InChI=1S/C20H11ClN2O5S/c21-13-2-1-3-15(10-13)22-19(24)18(29-20(22)25)11-16-8-9-17(28-16)12-4-6-14(7-5-12)23(26)27/h1-11H/b18-11+. The van der Waals surface area contributed by atoms with E-state index in [-0.39, 0.29) is 10.6 Å². The lowest BCUT2D eigenvalue weighted by molar-refractivity contribution is -0.384. The number of nitro groups is 1. The van der Waals surface area contributed by atoms with E-state index in [1.807, 2.05) is 0 Å². The summed E-state index contributed by atoms with van der Waals surface area (Å²) >= 11 is 6.76. The lowest BCUT2D eigenvalue weighted by Crippen LogP contribution is -2.27. The van der Waals surface area contributed by atoms with E-state index in [9.17, 15) is 19.7 Å². The van der Waals surface area contributed by atoms with Gasteiger partial charge in [0, 0.05) is 28.8 Å². The SMILES string of the molecule is O=C1S/C(=C/c2ccc(-c3ccc([N+](=O)[O-])cc3)o2)C(=O)N1c1cccc(Cl)c1. The van der Waals surface area contributed by atoms with Crippen molar-refractivity contribution >= 4 is 52.0 Å². The van der Waals surface area contributed by atoms with E-state index < -0.39 is 16.1 Å². The van der Waals surface area contributed by atoms with Crippen LogP contribution in [-0.2, 0) is 4.79 Å². The normalized spacial score (nSPS) is 15.3. The molecule has 0 aliphatic carbocycles. The number of halogens is 1. The molecular weight excluding hydrogens is 416 g/mol. The third-order valence-electron chi connectivity index (χ3n) is 4.12. The van der Waals surface area contributed by atoms with Gasteiger partial charge in [-0.3, -0.25) is 19.7 Å². The molecule has 0 unspecified atom stereocenters. The molecule has 0 radical (unpaired) electrons. The van der Waals surface area contributed by atoms with Gasteiger partial charge in [-0.2, -0.15) is 0 Å². The third kappa shape index (κ3) is 3.80. The van der Waals surface area contributed by atoms with Gasteiger partial charge in [0.2, 0.25) is 0 Å². The van der Waals surface area contributed by atoms with E-state index in [0.717, 1.165) is 16.7 Å². The van der Waals surface area contributed by atoms with E-state index in [1.165, 1.54) is 18.2 Å². The second-order valence-electron chi connectivity index (χ2n) is 6.00. The van der Waals surface area contributed by atoms with Gasteiger partial charge in [0.15, 0.2) is 0 Å². The van der Waals surface area contributed by atoms with E-state index in [4.69, 9.17) is 16.0 Å². The Morgan fingerprint density at radius 3 is 2.52 bits per heavy atom. The summed E-state index contributed by atoms with van der Waals surface area (Å²) in [6, 6.07) is 15.8. The van der Waals surface area contributed by atoms with Gasteiger partial charge >= 0.3 is 0 Å². The predicted molar refractivity (Wildman–Crippen MR) is 111 cm³/mol. The smallest absolute Gasteiger partial charge is 0.298 e. The lowest BCUT2D eigenvalue weighted by atomic mass is 10.1. The number of thioether (sulfide) groups is 1. The Kier molecular flexibility index (Phi) is 4.96. The summed E-state index contributed by atoms with van der Waals surface area (Å²) in [6.45, 7) is 0. The van der Waals surface area contributed by atoms with Gasteiger partial charge in [-0.05, 0) is 54.2 Å². The number of nitro benzene ring substituents is 1. The first kappa shape index (κ1) is 19.0. The average molecular weight is 427 g/mol. The molecule has 2 amide bonds. The van der Waals surface area contributed by atoms with Gasteiger partial charge in [-0.25, -0.2) is 4.90 Å². The van der Waals surface area contributed by atoms with E-state index >= 15 is 0 Å². The van der Waals surface area contributed by atoms with E-state index in [2.05, 4.69) is 0 Å². The van der Waals surface area contributed by atoms with Crippen LogP contribution in [0.4, 0.5) is 16.2 Å². The molecule has 2 heterocycles. The zero-order chi connectivity index (χ0) is 20.5. The Morgan fingerprint density at radius 2 is 1.83 bits per heavy atom. The van der Waals surface area contributed by atoms with Gasteiger partial charge in [0.1, 0.15) is 11.5 Å². The molecule has 7 nitrogen and oxygen atoms in total. The first-order valence-electron chi connectivity index (χ1n) is 8.30. The highest BCUT2D eigenvalue weighted by Crippen LogP contribution is 2.37. The summed E-state index contributed by atoms with van der Waals surface area (Å²) in [4.78, 5) is 36.5. The minimum Gasteiger partial charge on any atom is -0.457 e. The zero-order valence-corrected chi connectivity index (χ0v) is 16.1. The maximum Gasteiger partial charge on any atom is 0.298 e. The molecule has 0 saturated carbocycles. The number of carbonyl (C=O) groups is 2. The van der Waals surface area contributed by atoms with Gasteiger partial charge < -0.3 is 4.42 Å². The fourth-order valence-electron chi connectivity index (χ4n) is 2.77. The second-order valence-corrected chi connectivity index (χ2v) is 7.43. The predicted octanol–water partition coefficient (Wildman–Crippen LogP) is 5.75.